The molecule has 0 saturated heterocycles. The molecule has 2 aromatic heterocycles. The van der Waals surface area contributed by atoms with Crippen molar-refractivity contribution in [2.45, 2.75) is 0 Å². The maximum Gasteiger partial charge on any atom is 0.223 e. The molecule has 2 rings (SSSR count). The summed E-state index contributed by atoms with van der Waals surface area (Å²) in [6.07, 6.45) is 0.949. The highest BCUT2D eigenvalue weighted by Crippen LogP contribution is 2.18. The molecule has 0 atom stereocenters. The molecule has 0 radical (unpaired) electrons. The number of hydrogen-bond acceptors (Lipinski definition) is 4. The number of nitrogens with two attached hydrogens (primary N) is 1. The van der Waals surface area contributed by atoms with Crippen molar-refractivity contribution >= 4 is 28.7 Å². The molecular formula is C5H3ClFN5. The lowest BCUT2D eigenvalue weighted by atomic mass is 10.5. The summed E-state index contributed by atoms with van der Waals surface area (Å²) in [5.74, 6) is -0.0769. The van der Waals surface area contributed by atoms with Gasteiger partial charge in [-0.3, -0.25) is 0 Å². The van der Waals surface area contributed by atoms with Crippen LogP contribution in [-0.2, 0) is 0 Å². The minimum absolute atomic E-state index is 0.0208. The molecule has 0 spiro atoms. The first-order valence-corrected chi connectivity index (χ1v) is 3.38. The van der Waals surface area contributed by atoms with E-state index in [0.717, 1.165) is 6.33 Å². The molecule has 2 aromatic rings. The Morgan fingerprint density at radius 2 is 2.25 bits per heavy atom. The Bertz CT molecular complexity index is 439. The second-order valence-corrected chi connectivity index (χ2v) is 2.46. The van der Waals surface area contributed by atoms with Gasteiger partial charge in [0.2, 0.25) is 5.95 Å². The largest absolute Gasteiger partial charge is 0.368 e. The van der Waals surface area contributed by atoms with Gasteiger partial charge in [-0.1, -0.05) is 16.1 Å². The molecule has 0 aliphatic rings. The summed E-state index contributed by atoms with van der Waals surface area (Å²) in [5.41, 5.74) is 5.42. The Balaban J connectivity index is 2.92. The molecule has 0 amide bonds. The molecule has 62 valence electrons. The fourth-order valence-corrected chi connectivity index (χ4v) is 1.08. The van der Waals surface area contributed by atoms with Crippen LogP contribution in [0.1, 0.15) is 0 Å². The van der Waals surface area contributed by atoms with Crippen LogP contribution in [0.4, 0.5) is 10.4 Å². The highest BCUT2D eigenvalue weighted by atomic mass is 35.5. The van der Waals surface area contributed by atoms with Crippen LogP contribution >= 0.6 is 11.6 Å². The number of rotatable bonds is 0. The summed E-state index contributed by atoms with van der Waals surface area (Å²) < 4.78 is 12.8. The van der Waals surface area contributed by atoms with E-state index in [1.54, 1.807) is 0 Å². The Morgan fingerprint density at radius 1 is 1.50 bits per heavy atom. The molecule has 0 fully saturated rings. The number of fused-ring (bicyclic) bond motifs is 1. The lowest BCUT2D eigenvalue weighted by Crippen LogP contribution is -1.96. The molecule has 2 heterocycles. The van der Waals surface area contributed by atoms with Crippen LogP contribution in [0.15, 0.2) is 6.33 Å². The Morgan fingerprint density at radius 3 is 3.00 bits per heavy atom. The van der Waals surface area contributed by atoms with Crippen molar-refractivity contribution < 1.29 is 4.48 Å². The van der Waals surface area contributed by atoms with Gasteiger partial charge in [0.1, 0.15) is 11.8 Å². The number of anilines is 1. The Kier molecular flexibility index (Phi) is 1.37. The van der Waals surface area contributed by atoms with Gasteiger partial charge >= 0.3 is 0 Å². The monoisotopic (exact) mass is 187 g/mol. The predicted molar refractivity (Wildman–Crippen MR) is 41.3 cm³/mol. The van der Waals surface area contributed by atoms with Crippen LogP contribution in [0.25, 0.3) is 11.2 Å². The molecule has 0 bridgehead atoms. The van der Waals surface area contributed by atoms with Gasteiger partial charge in [-0.05, 0) is 0 Å². The first kappa shape index (κ1) is 7.23. The minimum Gasteiger partial charge on any atom is -0.368 e. The molecule has 0 aliphatic carbocycles. The molecule has 0 aromatic carbocycles. The van der Waals surface area contributed by atoms with Crippen LogP contribution in [0.3, 0.4) is 0 Å². The van der Waals surface area contributed by atoms with Gasteiger partial charge in [-0.15, -0.1) is 4.79 Å². The normalized spacial score (nSPS) is 10.8. The zero-order valence-corrected chi connectivity index (χ0v) is 6.46. The number of nitrogens with zero attached hydrogens (tertiary/aromatic N) is 4. The molecule has 12 heavy (non-hydrogen) atoms. The quantitative estimate of drug-likeness (QED) is 0.620. The molecule has 0 unspecified atom stereocenters. The maximum absolute atomic E-state index is 12.8. The van der Waals surface area contributed by atoms with Gasteiger partial charge in [-0.2, -0.15) is 9.97 Å². The van der Waals surface area contributed by atoms with Gasteiger partial charge in [0.05, 0.1) is 0 Å². The highest BCUT2D eigenvalue weighted by molar-refractivity contribution is 6.33. The van der Waals surface area contributed by atoms with Crippen LogP contribution in [0.2, 0.25) is 5.15 Å². The zero-order chi connectivity index (χ0) is 8.72. The van der Waals surface area contributed by atoms with Gasteiger partial charge in [0.25, 0.3) is 0 Å². The molecule has 2 N–H and O–H groups in total. The standard InChI is InChI=1S/C5H3ClFN5/c6-3-2-4(11-5(8)10-3)12(7)1-9-2/h1H,(H2,8,10,11). The summed E-state index contributed by atoms with van der Waals surface area (Å²) >= 11 is 5.60. The number of nitrogen functional groups attached to an aromatic ring is 1. The van der Waals surface area contributed by atoms with Crippen molar-refractivity contribution in [1.82, 2.24) is 19.7 Å². The van der Waals surface area contributed by atoms with Gasteiger partial charge < -0.3 is 5.73 Å². The summed E-state index contributed by atoms with van der Waals surface area (Å²) in [6, 6.07) is 0. The number of halogens is 2. The van der Waals surface area contributed by atoms with E-state index in [1.807, 2.05) is 0 Å². The molecule has 5 nitrogen and oxygen atoms in total. The second-order valence-electron chi connectivity index (χ2n) is 2.10. The van der Waals surface area contributed by atoms with E-state index in [-0.39, 0.29) is 27.1 Å². The van der Waals surface area contributed by atoms with Crippen molar-refractivity contribution in [3.05, 3.63) is 11.5 Å². The lowest BCUT2D eigenvalue weighted by molar-refractivity contribution is 0.381. The van der Waals surface area contributed by atoms with Crippen LogP contribution in [0, 0.1) is 0 Å². The van der Waals surface area contributed by atoms with E-state index < -0.39 is 0 Å². The van der Waals surface area contributed by atoms with E-state index in [1.165, 1.54) is 0 Å². The van der Waals surface area contributed by atoms with Crippen molar-refractivity contribution in [3.8, 4) is 0 Å². The lowest BCUT2D eigenvalue weighted by Gasteiger charge is -1.93. The Labute approximate surface area is 70.9 Å². The topological polar surface area (TPSA) is 69.6 Å². The molecule has 0 aliphatic heterocycles. The second kappa shape index (κ2) is 2.28. The van der Waals surface area contributed by atoms with Gasteiger partial charge in [0, 0.05) is 0 Å². The zero-order valence-electron chi connectivity index (χ0n) is 5.70. The first-order chi connectivity index (χ1) is 5.68. The summed E-state index contributed by atoms with van der Waals surface area (Å²) in [6.45, 7) is 0. The van der Waals surface area contributed by atoms with E-state index in [4.69, 9.17) is 17.3 Å². The van der Waals surface area contributed by atoms with E-state index >= 15 is 0 Å². The van der Waals surface area contributed by atoms with E-state index in [2.05, 4.69) is 15.0 Å². The van der Waals surface area contributed by atoms with Crippen molar-refractivity contribution in [3.63, 3.8) is 0 Å². The van der Waals surface area contributed by atoms with Crippen LogP contribution in [0.5, 0.6) is 0 Å². The smallest absolute Gasteiger partial charge is 0.223 e. The first-order valence-electron chi connectivity index (χ1n) is 3.00. The third-order valence-electron chi connectivity index (χ3n) is 1.33. The minimum atomic E-state index is -0.0769. The third-order valence-corrected chi connectivity index (χ3v) is 1.59. The summed E-state index contributed by atoms with van der Waals surface area (Å²) in [4.78, 5) is 11.1. The number of hydrogen-bond donors (Lipinski definition) is 1. The SMILES string of the molecule is Nc1nc(Cl)c2ncn(F)c2n1. The van der Waals surface area contributed by atoms with Crippen LogP contribution < -0.4 is 5.73 Å². The van der Waals surface area contributed by atoms with Gasteiger partial charge in [0.15, 0.2) is 10.8 Å². The fourth-order valence-electron chi connectivity index (χ4n) is 0.855. The molecule has 0 saturated carbocycles. The predicted octanol–water partition coefficient (Wildman–Crippen LogP) is 0.794. The fraction of sp³-hybridized carbons (Fsp3) is 0. The Hall–Kier alpha value is -1.43. The van der Waals surface area contributed by atoms with Gasteiger partial charge in [-0.25, -0.2) is 4.98 Å². The van der Waals surface area contributed by atoms with Crippen molar-refractivity contribution in [2.75, 3.05) is 5.73 Å². The van der Waals surface area contributed by atoms with Crippen molar-refractivity contribution in [2.24, 2.45) is 0 Å². The number of imidazole rings is 1. The van der Waals surface area contributed by atoms with Crippen molar-refractivity contribution in [1.29, 1.82) is 0 Å². The summed E-state index contributed by atoms with van der Waals surface area (Å²) in [7, 11) is 0. The third kappa shape index (κ3) is 0.884. The van der Waals surface area contributed by atoms with E-state index in [0.29, 0.717) is 0 Å². The molecular weight excluding hydrogens is 185 g/mol. The summed E-state index contributed by atoms with van der Waals surface area (Å²) in [5, 5.41) is 0.0499. The maximum atomic E-state index is 12.8. The highest BCUT2D eigenvalue weighted by Gasteiger charge is 2.09. The number of aromatic nitrogens is 4. The van der Waals surface area contributed by atoms with E-state index in [9.17, 15) is 4.48 Å². The molecule has 7 heteroatoms. The van der Waals surface area contributed by atoms with Crippen LogP contribution in [-0.4, -0.2) is 19.7 Å². The average Bonchev–Trinajstić information content (AvgIpc) is 2.33. The average molecular weight is 188 g/mol.